The molecule has 1 heterocycles. The Labute approximate surface area is 104 Å². The minimum Gasteiger partial charge on any atom is -0.508 e. The second-order valence-corrected chi connectivity index (χ2v) is 3.33. The molecule has 6 nitrogen and oxygen atoms in total. The maximum Gasteiger partial charge on any atom is 0.328 e. The van der Waals surface area contributed by atoms with Crippen LogP contribution in [-0.2, 0) is 0 Å². The van der Waals surface area contributed by atoms with Gasteiger partial charge in [0.05, 0.1) is 20.3 Å². The molecule has 0 bridgehead atoms. The first-order valence-electron chi connectivity index (χ1n) is 5.15. The van der Waals surface area contributed by atoms with Crippen molar-refractivity contribution in [3.05, 3.63) is 30.3 Å². The molecular formula is C12H12N2O4. The summed E-state index contributed by atoms with van der Waals surface area (Å²) in [5, 5.41) is 9.32. The summed E-state index contributed by atoms with van der Waals surface area (Å²) >= 11 is 0. The maximum atomic E-state index is 9.32. The van der Waals surface area contributed by atoms with E-state index in [0.29, 0.717) is 17.5 Å². The molecule has 0 aliphatic rings. The van der Waals surface area contributed by atoms with Gasteiger partial charge in [0, 0.05) is 6.07 Å². The molecule has 0 aliphatic heterocycles. The molecule has 6 heteroatoms. The highest BCUT2D eigenvalue weighted by molar-refractivity contribution is 5.34. The summed E-state index contributed by atoms with van der Waals surface area (Å²) in [5.74, 6) is 1.18. The first kappa shape index (κ1) is 12.0. The van der Waals surface area contributed by atoms with Crippen molar-refractivity contribution in [3.63, 3.8) is 0 Å². The molecule has 0 unspecified atom stereocenters. The largest absolute Gasteiger partial charge is 0.508 e. The third-order valence-electron chi connectivity index (χ3n) is 2.10. The number of nitrogens with zero attached hydrogens (tertiary/aromatic N) is 2. The minimum absolute atomic E-state index is 0.0804. The Morgan fingerprint density at radius 2 is 1.67 bits per heavy atom. The Morgan fingerprint density at radius 1 is 1.00 bits per heavy atom. The predicted molar refractivity (Wildman–Crippen MR) is 63.3 cm³/mol. The van der Waals surface area contributed by atoms with Crippen LogP contribution in [0.4, 0.5) is 0 Å². The Hall–Kier alpha value is -2.50. The van der Waals surface area contributed by atoms with Crippen LogP contribution >= 0.6 is 0 Å². The summed E-state index contributed by atoms with van der Waals surface area (Å²) < 4.78 is 15.4. The lowest BCUT2D eigenvalue weighted by Crippen LogP contribution is -1.97. The van der Waals surface area contributed by atoms with Gasteiger partial charge in [0.1, 0.15) is 11.5 Å². The average molecular weight is 248 g/mol. The van der Waals surface area contributed by atoms with Crippen LogP contribution in [0.1, 0.15) is 0 Å². The number of aromatic hydroxyl groups is 1. The van der Waals surface area contributed by atoms with E-state index in [4.69, 9.17) is 14.2 Å². The normalized spacial score (nSPS) is 9.89. The quantitative estimate of drug-likeness (QED) is 0.891. The van der Waals surface area contributed by atoms with Gasteiger partial charge in [0.15, 0.2) is 0 Å². The smallest absolute Gasteiger partial charge is 0.328 e. The van der Waals surface area contributed by atoms with Crippen LogP contribution in [0.3, 0.4) is 0 Å². The molecule has 0 saturated carbocycles. The Bertz CT molecular complexity index is 523. The van der Waals surface area contributed by atoms with Crippen LogP contribution in [0.25, 0.3) is 0 Å². The van der Waals surface area contributed by atoms with Gasteiger partial charge in [-0.05, 0) is 12.1 Å². The highest BCUT2D eigenvalue weighted by Crippen LogP contribution is 2.25. The van der Waals surface area contributed by atoms with Crippen LogP contribution in [-0.4, -0.2) is 29.3 Å². The lowest BCUT2D eigenvalue weighted by molar-refractivity contribution is 0.347. The van der Waals surface area contributed by atoms with Gasteiger partial charge in [-0.15, -0.1) is 0 Å². The molecule has 94 valence electrons. The zero-order chi connectivity index (χ0) is 13.0. The first-order chi connectivity index (χ1) is 8.71. The number of phenols is 1. The van der Waals surface area contributed by atoms with Gasteiger partial charge in [-0.3, -0.25) is 0 Å². The van der Waals surface area contributed by atoms with E-state index in [0.717, 1.165) is 0 Å². The van der Waals surface area contributed by atoms with Gasteiger partial charge in [-0.2, -0.15) is 9.97 Å². The number of phenolic OH excluding ortho intramolecular Hbond substituents is 1. The van der Waals surface area contributed by atoms with Crippen LogP contribution < -0.4 is 14.2 Å². The zero-order valence-electron chi connectivity index (χ0n) is 9.95. The molecule has 0 atom stereocenters. The molecule has 1 N–H and O–H groups in total. The van der Waals surface area contributed by atoms with Gasteiger partial charge in [0.2, 0.25) is 11.8 Å². The number of aromatic nitrogens is 2. The van der Waals surface area contributed by atoms with Crippen LogP contribution in [0, 0.1) is 0 Å². The summed E-state index contributed by atoms with van der Waals surface area (Å²) in [6.45, 7) is 0. The van der Waals surface area contributed by atoms with E-state index in [9.17, 15) is 5.11 Å². The number of hydrogen-bond donors (Lipinski definition) is 1. The van der Waals surface area contributed by atoms with Gasteiger partial charge < -0.3 is 19.3 Å². The van der Waals surface area contributed by atoms with Crippen molar-refractivity contribution in [3.8, 4) is 29.3 Å². The van der Waals surface area contributed by atoms with Gasteiger partial charge >= 0.3 is 6.01 Å². The van der Waals surface area contributed by atoms with E-state index < -0.39 is 0 Å². The molecule has 0 fully saturated rings. The van der Waals surface area contributed by atoms with Gasteiger partial charge in [-0.25, -0.2) is 0 Å². The molecule has 0 saturated heterocycles. The van der Waals surface area contributed by atoms with Crippen molar-refractivity contribution < 1.29 is 19.3 Å². The number of hydrogen-bond acceptors (Lipinski definition) is 6. The SMILES string of the molecule is COc1cc(OC)nc(Oc2cccc(O)c2)n1. The summed E-state index contributed by atoms with van der Waals surface area (Å²) in [5.41, 5.74) is 0. The standard InChI is InChI=1S/C12H12N2O4/c1-16-10-7-11(17-2)14-12(13-10)18-9-5-3-4-8(15)6-9/h3-7,15H,1-2H3. The van der Waals surface area contributed by atoms with Crippen molar-refractivity contribution in [2.24, 2.45) is 0 Å². The Kier molecular flexibility index (Phi) is 3.47. The fourth-order valence-electron chi connectivity index (χ4n) is 1.29. The Balaban J connectivity index is 2.28. The Morgan fingerprint density at radius 3 is 2.22 bits per heavy atom. The predicted octanol–water partition coefficient (Wildman–Crippen LogP) is 1.99. The fraction of sp³-hybridized carbons (Fsp3) is 0.167. The van der Waals surface area contributed by atoms with E-state index >= 15 is 0 Å². The van der Waals surface area contributed by atoms with E-state index in [-0.39, 0.29) is 11.8 Å². The molecule has 1 aromatic carbocycles. The molecule has 18 heavy (non-hydrogen) atoms. The zero-order valence-corrected chi connectivity index (χ0v) is 9.95. The lowest BCUT2D eigenvalue weighted by atomic mass is 10.3. The number of benzene rings is 1. The number of methoxy groups -OCH3 is 2. The molecule has 2 aromatic rings. The van der Waals surface area contributed by atoms with Crippen molar-refractivity contribution in [2.45, 2.75) is 0 Å². The summed E-state index contributed by atoms with van der Waals surface area (Å²) in [6.07, 6.45) is 0. The van der Waals surface area contributed by atoms with Crippen molar-refractivity contribution >= 4 is 0 Å². The molecule has 0 radical (unpaired) electrons. The molecule has 0 spiro atoms. The number of ether oxygens (including phenoxy) is 3. The van der Waals surface area contributed by atoms with Crippen molar-refractivity contribution in [2.75, 3.05) is 14.2 Å². The average Bonchev–Trinajstić information content (AvgIpc) is 2.38. The van der Waals surface area contributed by atoms with E-state index in [1.165, 1.54) is 26.4 Å². The summed E-state index contributed by atoms with van der Waals surface area (Å²) in [7, 11) is 2.97. The number of rotatable bonds is 4. The van der Waals surface area contributed by atoms with Crippen LogP contribution in [0.15, 0.2) is 30.3 Å². The van der Waals surface area contributed by atoms with Crippen LogP contribution in [0.5, 0.6) is 29.3 Å². The maximum absolute atomic E-state index is 9.32. The summed E-state index contributed by atoms with van der Waals surface area (Å²) in [6, 6.07) is 7.94. The highest BCUT2D eigenvalue weighted by atomic mass is 16.5. The highest BCUT2D eigenvalue weighted by Gasteiger charge is 2.07. The minimum atomic E-state index is 0.0804. The van der Waals surface area contributed by atoms with Gasteiger partial charge in [0.25, 0.3) is 0 Å². The summed E-state index contributed by atoms with van der Waals surface area (Å²) in [4.78, 5) is 8.02. The molecule has 0 aliphatic carbocycles. The molecular weight excluding hydrogens is 236 g/mol. The topological polar surface area (TPSA) is 73.7 Å². The third-order valence-corrected chi connectivity index (χ3v) is 2.10. The van der Waals surface area contributed by atoms with E-state index in [1.54, 1.807) is 18.2 Å². The van der Waals surface area contributed by atoms with Crippen LogP contribution in [0.2, 0.25) is 0 Å². The third kappa shape index (κ3) is 2.79. The first-order valence-corrected chi connectivity index (χ1v) is 5.15. The lowest BCUT2D eigenvalue weighted by Gasteiger charge is -2.07. The van der Waals surface area contributed by atoms with Crippen molar-refractivity contribution in [1.29, 1.82) is 0 Å². The van der Waals surface area contributed by atoms with E-state index in [2.05, 4.69) is 9.97 Å². The molecule has 1 aromatic heterocycles. The second kappa shape index (κ2) is 5.22. The monoisotopic (exact) mass is 248 g/mol. The van der Waals surface area contributed by atoms with Crippen molar-refractivity contribution in [1.82, 2.24) is 9.97 Å². The molecule has 2 rings (SSSR count). The fourth-order valence-corrected chi connectivity index (χ4v) is 1.29. The molecule has 0 amide bonds. The van der Waals surface area contributed by atoms with Gasteiger partial charge in [-0.1, -0.05) is 6.07 Å². The second-order valence-electron chi connectivity index (χ2n) is 3.33. The van der Waals surface area contributed by atoms with E-state index in [1.807, 2.05) is 0 Å².